The topological polar surface area (TPSA) is 25.8 Å². The molecule has 17 heavy (non-hydrogen) atoms. The summed E-state index contributed by atoms with van der Waals surface area (Å²) < 4.78 is 0. The Morgan fingerprint density at radius 2 is 1.76 bits per heavy atom. The first-order valence-electron chi connectivity index (χ1n) is 5.88. The van der Waals surface area contributed by atoms with Crippen LogP contribution in [0.5, 0.6) is 0 Å². The third-order valence-corrected chi connectivity index (χ3v) is 3.71. The molecule has 1 saturated carbocycles. The van der Waals surface area contributed by atoms with Crippen molar-refractivity contribution in [1.29, 1.82) is 0 Å². The molecular formula is C14H13ClN2. The molecule has 0 spiro atoms. The number of hydrogen-bond acceptors (Lipinski definition) is 2. The lowest BCUT2D eigenvalue weighted by Gasteiger charge is -2.36. The maximum Gasteiger partial charge on any atom is 0.222 e. The fourth-order valence-electron chi connectivity index (χ4n) is 2.51. The summed E-state index contributed by atoms with van der Waals surface area (Å²) in [7, 11) is 0. The summed E-state index contributed by atoms with van der Waals surface area (Å²) in [4.78, 5) is 8.26. The van der Waals surface area contributed by atoms with E-state index in [0.29, 0.717) is 17.1 Å². The minimum Gasteiger partial charge on any atom is -0.227 e. The highest BCUT2D eigenvalue weighted by Gasteiger charge is 2.34. The molecule has 2 unspecified atom stereocenters. The number of halogens is 1. The first-order chi connectivity index (χ1) is 8.34. The van der Waals surface area contributed by atoms with Crippen LogP contribution in [0, 0.1) is 0 Å². The van der Waals surface area contributed by atoms with Crippen LogP contribution in [-0.2, 0) is 0 Å². The molecule has 1 heterocycles. The molecule has 0 saturated heterocycles. The smallest absolute Gasteiger partial charge is 0.222 e. The van der Waals surface area contributed by atoms with Gasteiger partial charge in [-0.1, -0.05) is 30.3 Å². The van der Waals surface area contributed by atoms with E-state index < -0.39 is 0 Å². The predicted octanol–water partition coefficient (Wildman–Crippen LogP) is 3.79. The normalized spacial score (nSPS) is 23.1. The Balaban J connectivity index is 1.86. The molecule has 1 aromatic heterocycles. The summed E-state index contributed by atoms with van der Waals surface area (Å²) in [6, 6.07) is 12.6. The molecule has 0 bridgehead atoms. The van der Waals surface area contributed by atoms with Crippen LogP contribution in [0.3, 0.4) is 0 Å². The molecule has 0 radical (unpaired) electrons. The lowest BCUT2D eigenvalue weighted by atomic mass is 9.68. The highest BCUT2D eigenvalue weighted by atomic mass is 35.5. The molecule has 2 nitrogen and oxygen atoms in total. The van der Waals surface area contributed by atoms with Crippen molar-refractivity contribution in [3.8, 4) is 0 Å². The van der Waals surface area contributed by atoms with E-state index in [0.717, 1.165) is 5.69 Å². The Morgan fingerprint density at radius 1 is 1.00 bits per heavy atom. The van der Waals surface area contributed by atoms with Gasteiger partial charge < -0.3 is 0 Å². The van der Waals surface area contributed by atoms with Gasteiger partial charge in [0.15, 0.2) is 0 Å². The zero-order valence-electron chi connectivity index (χ0n) is 9.38. The van der Waals surface area contributed by atoms with Crippen molar-refractivity contribution in [3.05, 3.63) is 59.1 Å². The molecule has 3 rings (SSSR count). The summed E-state index contributed by atoms with van der Waals surface area (Å²) in [6.45, 7) is 0. The van der Waals surface area contributed by atoms with E-state index in [1.165, 1.54) is 18.4 Å². The van der Waals surface area contributed by atoms with Crippen LogP contribution in [0.2, 0.25) is 5.28 Å². The standard InChI is InChI=1S/C14H13ClN2/c15-14-16-9-8-13(17-14)12-7-6-11(12)10-4-2-1-3-5-10/h1-5,8-9,11-12H,6-7H2. The van der Waals surface area contributed by atoms with Gasteiger partial charge >= 0.3 is 0 Å². The van der Waals surface area contributed by atoms with Crippen LogP contribution >= 0.6 is 11.6 Å². The van der Waals surface area contributed by atoms with Crippen molar-refractivity contribution in [2.45, 2.75) is 24.7 Å². The van der Waals surface area contributed by atoms with Gasteiger partial charge in [0.25, 0.3) is 0 Å². The van der Waals surface area contributed by atoms with Gasteiger partial charge in [0.1, 0.15) is 0 Å². The van der Waals surface area contributed by atoms with Crippen molar-refractivity contribution in [1.82, 2.24) is 9.97 Å². The monoisotopic (exact) mass is 244 g/mol. The SMILES string of the molecule is Clc1nccc(C2CCC2c2ccccc2)n1. The second-order valence-corrected chi connectivity index (χ2v) is 4.79. The molecule has 0 N–H and O–H groups in total. The third-order valence-electron chi connectivity index (χ3n) is 3.53. The molecule has 1 fully saturated rings. The van der Waals surface area contributed by atoms with Gasteiger partial charge in [-0.15, -0.1) is 0 Å². The highest BCUT2D eigenvalue weighted by molar-refractivity contribution is 6.28. The average molecular weight is 245 g/mol. The van der Waals surface area contributed by atoms with Crippen LogP contribution < -0.4 is 0 Å². The second kappa shape index (κ2) is 4.46. The zero-order chi connectivity index (χ0) is 11.7. The fraction of sp³-hybridized carbons (Fsp3) is 0.286. The van der Waals surface area contributed by atoms with E-state index in [1.54, 1.807) is 6.20 Å². The zero-order valence-corrected chi connectivity index (χ0v) is 10.1. The first-order valence-corrected chi connectivity index (χ1v) is 6.26. The van der Waals surface area contributed by atoms with Gasteiger partial charge in [0.05, 0.1) is 0 Å². The molecule has 1 aliphatic rings. The van der Waals surface area contributed by atoms with E-state index >= 15 is 0 Å². The number of hydrogen-bond donors (Lipinski definition) is 0. The Hall–Kier alpha value is -1.41. The molecule has 0 amide bonds. The van der Waals surface area contributed by atoms with Crippen molar-refractivity contribution < 1.29 is 0 Å². The largest absolute Gasteiger partial charge is 0.227 e. The lowest BCUT2D eigenvalue weighted by molar-refractivity contribution is 0.339. The van der Waals surface area contributed by atoms with E-state index in [-0.39, 0.29) is 0 Å². The van der Waals surface area contributed by atoms with Crippen LogP contribution in [-0.4, -0.2) is 9.97 Å². The van der Waals surface area contributed by atoms with Crippen LogP contribution in [0.4, 0.5) is 0 Å². The molecule has 3 heteroatoms. The van der Waals surface area contributed by atoms with Crippen molar-refractivity contribution in [2.75, 3.05) is 0 Å². The maximum absolute atomic E-state index is 5.84. The predicted molar refractivity (Wildman–Crippen MR) is 68.2 cm³/mol. The molecule has 2 aromatic rings. The Morgan fingerprint density at radius 3 is 2.41 bits per heavy atom. The van der Waals surface area contributed by atoms with Crippen LogP contribution in [0.15, 0.2) is 42.6 Å². The van der Waals surface area contributed by atoms with E-state index in [4.69, 9.17) is 11.6 Å². The number of rotatable bonds is 2. The molecule has 86 valence electrons. The Bertz CT molecular complexity index is 513. The average Bonchev–Trinajstić information content (AvgIpc) is 2.29. The van der Waals surface area contributed by atoms with Gasteiger partial charge in [-0.05, 0) is 42.0 Å². The molecule has 2 atom stereocenters. The van der Waals surface area contributed by atoms with Gasteiger partial charge in [-0.2, -0.15) is 0 Å². The number of aromatic nitrogens is 2. The van der Waals surface area contributed by atoms with Gasteiger partial charge in [0.2, 0.25) is 5.28 Å². The summed E-state index contributed by atoms with van der Waals surface area (Å²) in [5.41, 5.74) is 2.48. The Labute approximate surface area is 106 Å². The van der Waals surface area contributed by atoms with E-state index in [1.807, 2.05) is 6.07 Å². The number of benzene rings is 1. The lowest BCUT2D eigenvalue weighted by Crippen LogP contribution is -2.22. The molecule has 1 aliphatic carbocycles. The highest BCUT2D eigenvalue weighted by Crippen LogP contribution is 2.48. The van der Waals surface area contributed by atoms with E-state index in [9.17, 15) is 0 Å². The molecule has 1 aromatic carbocycles. The molecular weight excluding hydrogens is 232 g/mol. The minimum absolute atomic E-state index is 0.348. The summed E-state index contributed by atoms with van der Waals surface area (Å²) >= 11 is 5.84. The first kappa shape index (κ1) is 10.7. The van der Waals surface area contributed by atoms with Crippen molar-refractivity contribution in [2.24, 2.45) is 0 Å². The van der Waals surface area contributed by atoms with Gasteiger partial charge in [-0.3, -0.25) is 0 Å². The van der Waals surface area contributed by atoms with Gasteiger partial charge in [-0.25, -0.2) is 9.97 Å². The number of nitrogens with zero attached hydrogens (tertiary/aromatic N) is 2. The minimum atomic E-state index is 0.348. The fourth-order valence-corrected chi connectivity index (χ4v) is 2.66. The summed E-state index contributed by atoms with van der Waals surface area (Å²) in [5, 5.41) is 0.348. The maximum atomic E-state index is 5.84. The summed E-state index contributed by atoms with van der Waals surface area (Å²) in [5.74, 6) is 1.08. The third kappa shape index (κ3) is 2.05. The van der Waals surface area contributed by atoms with Crippen LogP contribution in [0.25, 0.3) is 0 Å². The van der Waals surface area contributed by atoms with Crippen LogP contribution in [0.1, 0.15) is 35.9 Å². The Kier molecular flexibility index (Phi) is 2.81. The molecule has 0 aliphatic heterocycles. The second-order valence-electron chi connectivity index (χ2n) is 4.45. The van der Waals surface area contributed by atoms with E-state index in [2.05, 4.69) is 40.3 Å². The summed E-state index contributed by atoms with van der Waals surface area (Å²) in [6.07, 6.45) is 4.16. The van der Waals surface area contributed by atoms with Crippen molar-refractivity contribution in [3.63, 3.8) is 0 Å². The van der Waals surface area contributed by atoms with Crippen molar-refractivity contribution >= 4 is 11.6 Å². The van der Waals surface area contributed by atoms with Gasteiger partial charge in [0, 0.05) is 17.8 Å². The quantitative estimate of drug-likeness (QED) is 0.751.